The Hall–Kier alpha value is -2.63. The zero-order valence-electron chi connectivity index (χ0n) is 50.3. The summed E-state index contributed by atoms with van der Waals surface area (Å²) in [5, 5.41) is 0. The highest BCUT2D eigenvalue weighted by Gasteiger charge is 2.19. The fourth-order valence-corrected chi connectivity index (χ4v) is 9.91. The molecule has 0 spiro atoms. The SMILES string of the molecule is CC/C=C\C/C=C\C/C=C\C/C=C\CCCCCCCCCCCCCCC(=O)OCC(COC(=O)CCCCCCCCCCCCCCCCCC)OC(=O)CCCCCCCCCCCCCCCCCC. The Morgan fingerprint density at radius 1 is 0.280 bits per heavy atom. The van der Waals surface area contributed by atoms with Crippen LogP contribution in [0.15, 0.2) is 48.6 Å². The number of allylic oxidation sites excluding steroid dienone is 8. The largest absolute Gasteiger partial charge is 0.462 e. The molecule has 438 valence electrons. The van der Waals surface area contributed by atoms with Gasteiger partial charge in [0.05, 0.1) is 0 Å². The number of rotatable bonds is 61. The summed E-state index contributed by atoms with van der Waals surface area (Å²) in [5.41, 5.74) is 0. The Balaban J connectivity index is 4.27. The molecule has 6 nitrogen and oxygen atoms in total. The summed E-state index contributed by atoms with van der Waals surface area (Å²) in [6, 6.07) is 0. The van der Waals surface area contributed by atoms with Gasteiger partial charge in [0.25, 0.3) is 0 Å². The molecule has 0 aromatic rings. The van der Waals surface area contributed by atoms with Gasteiger partial charge in [0.1, 0.15) is 13.2 Å². The third-order valence-corrected chi connectivity index (χ3v) is 14.8. The molecule has 0 fully saturated rings. The molecular formula is C69H126O6. The van der Waals surface area contributed by atoms with E-state index < -0.39 is 6.10 Å². The van der Waals surface area contributed by atoms with Crippen molar-refractivity contribution in [3.8, 4) is 0 Å². The zero-order chi connectivity index (χ0) is 54.3. The molecule has 1 atom stereocenters. The van der Waals surface area contributed by atoms with Crippen molar-refractivity contribution in [2.24, 2.45) is 0 Å². The van der Waals surface area contributed by atoms with Crippen LogP contribution >= 0.6 is 0 Å². The number of esters is 3. The van der Waals surface area contributed by atoms with Crippen LogP contribution in [0.4, 0.5) is 0 Å². The van der Waals surface area contributed by atoms with E-state index >= 15 is 0 Å². The standard InChI is InChI=1S/C69H126O6/c1-4-7-10-13-16-19-22-25-28-31-32-33-34-35-36-37-38-39-42-44-47-50-53-56-59-62-68(71)74-65-66(75-69(72)63-60-57-54-51-48-45-41-30-27-24-21-18-15-12-9-6-3)64-73-67(70)61-58-55-52-49-46-43-40-29-26-23-20-17-14-11-8-5-2/h7,10,16,19,25,28,32-33,66H,4-6,8-9,11-15,17-18,20-24,26-27,29-31,34-65H2,1-3H3/b10-7-,19-16-,28-25-,33-32-. The highest BCUT2D eigenvalue weighted by molar-refractivity contribution is 5.71. The molecule has 0 bridgehead atoms. The van der Waals surface area contributed by atoms with Gasteiger partial charge >= 0.3 is 17.9 Å². The number of hydrogen-bond donors (Lipinski definition) is 0. The van der Waals surface area contributed by atoms with Crippen molar-refractivity contribution in [1.82, 2.24) is 0 Å². The second-order valence-corrected chi connectivity index (χ2v) is 22.4. The summed E-state index contributed by atoms with van der Waals surface area (Å²) in [4.78, 5) is 38.4. The predicted molar refractivity (Wildman–Crippen MR) is 325 cm³/mol. The summed E-state index contributed by atoms with van der Waals surface area (Å²) in [6.07, 6.45) is 79.7. The van der Waals surface area contributed by atoms with E-state index in [0.717, 1.165) is 83.5 Å². The molecule has 0 aromatic carbocycles. The molecule has 0 aliphatic rings. The lowest BCUT2D eigenvalue weighted by Gasteiger charge is -2.18. The topological polar surface area (TPSA) is 78.9 Å². The molecule has 0 aromatic heterocycles. The fraction of sp³-hybridized carbons (Fsp3) is 0.841. The van der Waals surface area contributed by atoms with Crippen LogP contribution in [0.3, 0.4) is 0 Å². The molecule has 0 aliphatic carbocycles. The first kappa shape index (κ1) is 72.4. The molecular weight excluding hydrogens is 925 g/mol. The average Bonchev–Trinajstić information content (AvgIpc) is 3.41. The maximum atomic E-state index is 12.9. The predicted octanol–water partition coefficient (Wildman–Crippen LogP) is 22.6. The number of hydrogen-bond acceptors (Lipinski definition) is 6. The lowest BCUT2D eigenvalue weighted by Crippen LogP contribution is -2.30. The van der Waals surface area contributed by atoms with E-state index in [0.29, 0.717) is 19.3 Å². The second-order valence-electron chi connectivity index (χ2n) is 22.4. The second kappa shape index (κ2) is 63.9. The average molecular weight is 1050 g/mol. The highest BCUT2D eigenvalue weighted by atomic mass is 16.6. The van der Waals surface area contributed by atoms with E-state index in [1.165, 1.54) is 231 Å². The van der Waals surface area contributed by atoms with Gasteiger partial charge in [0.15, 0.2) is 6.10 Å². The number of ether oxygens (including phenoxy) is 3. The Labute approximate surface area is 467 Å². The van der Waals surface area contributed by atoms with Crippen LogP contribution in [0.25, 0.3) is 0 Å². The molecule has 1 unspecified atom stereocenters. The molecule has 0 rings (SSSR count). The minimum Gasteiger partial charge on any atom is -0.462 e. The van der Waals surface area contributed by atoms with Crippen LogP contribution in [-0.2, 0) is 28.6 Å². The normalized spacial score (nSPS) is 12.3. The van der Waals surface area contributed by atoms with Gasteiger partial charge in [-0.25, -0.2) is 0 Å². The van der Waals surface area contributed by atoms with Gasteiger partial charge in [0.2, 0.25) is 0 Å². The third kappa shape index (κ3) is 62.1. The van der Waals surface area contributed by atoms with Gasteiger partial charge in [-0.15, -0.1) is 0 Å². The van der Waals surface area contributed by atoms with Gasteiger partial charge in [0, 0.05) is 19.3 Å². The summed E-state index contributed by atoms with van der Waals surface area (Å²) < 4.78 is 17.0. The summed E-state index contributed by atoms with van der Waals surface area (Å²) >= 11 is 0. The highest BCUT2D eigenvalue weighted by Crippen LogP contribution is 2.18. The van der Waals surface area contributed by atoms with Crippen molar-refractivity contribution in [1.29, 1.82) is 0 Å². The van der Waals surface area contributed by atoms with E-state index in [-0.39, 0.29) is 31.1 Å². The molecule has 6 heteroatoms. The molecule has 0 saturated carbocycles. The minimum absolute atomic E-state index is 0.0671. The van der Waals surface area contributed by atoms with Gasteiger partial charge in [-0.1, -0.05) is 326 Å². The molecule has 0 N–H and O–H groups in total. The summed E-state index contributed by atoms with van der Waals surface area (Å²) in [7, 11) is 0. The molecule has 0 heterocycles. The first-order valence-electron chi connectivity index (χ1n) is 33.1. The van der Waals surface area contributed by atoms with Crippen molar-refractivity contribution in [2.75, 3.05) is 13.2 Å². The lowest BCUT2D eigenvalue weighted by atomic mass is 10.0. The molecule has 0 aliphatic heterocycles. The molecule has 0 saturated heterocycles. The molecule has 75 heavy (non-hydrogen) atoms. The first-order valence-corrected chi connectivity index (χ1v) is 33.1. The van der Waals surface area contributed by atoms with Crippen LogP contribution in [0.2, 0.25) is 0 Å². The van der Waals surface area contributed by atoms with E-state index in [4.69, 9.17) is 14.2 Å². The van der Waals surface area contributed by atoms with E-state index in [2.05, 4.69) is 69.4 Å². The van der Waals surface area contributed by atoms with Crippen molar-refractivity contribution >= 4 is 17.9 Å². The Morgan fingerprint density at radius 2 is 0.520 bits per heavy atom. The van der Waals surface area contributed by atoms with E-state index in [9.17, 15) is 14.4 Å². The lowest BCUT2D eigenvalue weighted by molar-refractivity contribution is -0.167. The van der Waals surface area contributed by atoms with Crippen molar-refractivity contribution in [3.63, 3.8) is 0 Å². The molecule has 0 radical (unpaired) electrons. The van der Waals surface area contributed by atoms with Crippen molar-refractivity contribution in [3.05, 3.63) is 48.6 Å². The summed E-state index contributed by atoms with van der Waals surface area (Å²) in [5.74, 6) is -0.842. The van der Waals surface area contributed by atoms with Crippen LogP contribution < -0.4 is 0 Å². The van der Waals surface area contributed by atoms with Gasteiger partial charge in [-0.2, -0.15) is 0 Å². The van der Waals surface area contributed by atoms with Gasteiger partial charge in [-0.05, 0) is 57.8 Å². The van der Waals surface area contributed by atoms with Crippen LogP contribution in [0.5, 0.6) is 0 Å². The monoisotopic (exact) mass is 1050 g/mol. The minimum atomic E-state index is -0.770. The number of unbranched alkanes of at least 4 members (excludes halogenated alkanes) is 42. The van der Waals surface area contributed by atoms with Gasteiger partial charge < -0.3 is 14.2 Å². The first-order chi connectivity index (χ1) is 37.0. The zero-order valence-corrected chi connectivity index (χ0v) is 50.3. The Bertz CT molecular complexity index is 1300. The van der Waals surface area contributed by atoms with Crippen molar-refractivity contribution in [2.45, 2.75) is 361 Å². The number of carbonyl (C=O) groups is 3. The Morgan fingerprint density at radius 3 is 0.813 bits per heavy atom. The Kier molecular flexibility index (Phi) is 61.7. The van der Waals surface area contributed by atoms with Crippen LogP contribution in [0, 0.1) is 0 Å². The maximum absolute atomic E-state index is 12.9. The van der Waals surface area contributed by atoms with Crippen LogP contribution in [-0.4, -0.2) is 37.2 Å². The smallest absolute Gasteiger partial charge is 0.306 e. The van der Waals surface area contributed by atoms with E-state index in [1.54, 1.807) is 0 Å². The maximum Gasteiger partial charge on any atom is 0.306 e. The molecule has 0 amide bonds. The van der Waals surface area contributed by atoms with Crippen LogP contribution in [0.1, 0.15) is 355 Å². The van der Waals surface area contributed by atoms with Crippen molar-refractivity contribution < 1.29 is 28.6 Å². The van der Waals surface area contributed by atoms with Gasteiger partial charge in [-0.3, -0.25) is 14.4 Å². The fourth-order valence-electron chi connectivity index (χ4n) is 9.91. The summed E-state index contributed by atoms with van der Waals surface area (Å²) in [6.45, 7) is 6.59. The quantitative estimate of drug-likeness (QED) is 0.0261. The number of carbonyl (C=O) groups excluding carboxylic acids is 3. The van der Waals surface area contributed by atoms with E-state index in [1.807, 2.05) is 0 Å². The third-order valence-electron chi connectivity index (χ3n) is 14.8.